The zero-order chi connectivity index (χ0) is 19.1. The van der Waals surface area contributed by atoms with E-state index >= 15 is 0 Å². The Morgan fingerprint density at radius 2 is 2.23 bits per heavy atom. The van der Waals surface area contributed by atoms with Gasteiger partial charge < -0.3 is 20.5 Å². The predicted molar refractivity (Wildman–Crippen MR) is 94.4 cm³/mol. The van der Waals surface area contributed by atoms with Crippen LogP contribution in [-0.4, -0.2) is 18.5 Å². The molecule has 26 heavy (non-hydrogen) atoms. The minimum Gasteiger partial charge on any atom is -0.456 e. The van der Waals surface area contributed by atoms with Crippen molar-refractivity contribution in [1.29, 1.82) is 5.26 Å². The topological polar surface area (TPSA) is 114 Å². The summed E-state index contributed by atoms with van der Waals surface area (Å²) < 4.78 is 10.6. The van der Waals surface area contributed by atoms with E-state index < -0.39 is 17.3 Å². The Bertz CT molecular complexity index is 952. The quantitative estimate of drug-likeness (QED) is 0.490. The molecule has 0 bridgehead atoms. The van der Waals surface area contributed by atoms with E-state index in [0.717, 1.165) is 0 Å². The van der Waals surface area contributed by atoms with Crippen LogP contribution >= 0.6 is 0 Å². The van der Waals surface area contributed by atoms with Gasteiger partial charge in [0.05, 0.1) is 5.57 Å². The number of hydrogen-bond acceptors (Lipinski definition) is 6. The highest BCUT2D eigenvalue weighted by Crippen LogP contribution is 2.52. The summed E-state index contributed by atoms with van der Waals surface area (Å²) in [5, 5.41) is 12.5. The van der Waals surface area contributed by atoms with Gasteiger partial charge >= 0.3 is 5.97 Å². The van der Waals surface area contributed by atoms with Crippen molar-refractivity contribution in [3.63, 3.8) is 0 Å². The number of nitrogen functional groups attached to an aromatic ring is 1. The fraction of sp³-hybridized carbons (Fsp3) is 0.211. The molecule has 0 saturated heterocycles. The van der Waals surface area contributed by atoms with Gasteiger partial charge in [0.1, 0.15) is 23.9 Å². The number of nitrogens with zero attached hydrogens (tertiary/aromatic N) is 1. The van der Waals surface area contributed by atoms with Crippen LogP contribution in [0.5, 0.6) is 0 Å². The third kappa shape index (κ3) is 2.19. The number of carbonyl (C=O) groups excluding carboxylic acids is 2. The minimum absolute atomic E-state index is 0.00439. The van der Waals surface area contributed by atoms with Crippen LogP contribution in [0.4, 0.5) is 11.4 Å². The maximum atomic E-state index is 13.0. The van der Waals surface area contributed by atoms with E-state index in [0.29, 0.717) is 16.9 Å². The van der Waals surface area contributed by atoms with Crippen LogP contribution in [0.2, 0.25) is 0 Å². The number of amides is 1. The van der Waals surface area contributed by atoms with Crippen molar-refractivity contribution in [3.8, 4) is 6.07 Å². The molecule has 1 atom stereocenters. The Morgan fingerprint density at radius 1 is 1.50 bits per heavy atom. The molecule has 0 saturated carbocycles. The molecule has 1 unspecified atom stereocenters. The maximum absolute atomic E-state index is 13.0. The second-order valence-corrected chi connectivity index (χ2v) is 6.00. The van der Waals surface area contributed by atoms with Gasteiger partial charge in [-0.1, -0.05) is 12.7 Å². The lowest BCUT2D eigenvalue weighted by molar-refractivity contribution is -0.141. The molecule has 2 heterocycles. The number of esters is 1. The molecule has 0 fully saturated rings. The van der Waals surface area contributed by atoms with Crippen molar-refractivity contribution in [2.24, 2.45) is 0 Å². The lowest BCUT2D eigenvalue weighted by Gasteiger charge is -2.34. The Hall–Kier alpha value is -3.53. The van der Waals surface area contributed by atoms with Crippen LogP contribution in [0.3, 0.4) is 0 Å². The lowest BCUT2D eigenvalue weighted by Crippen LogP contribution is -2.42. The van der Waals surface area contributed by atoms with Crippen LogP contribution < -0.4 is 11.1 Å². The highest BCUT2D eigenvalue weighted by Gasteiger charge is 2.56. The molecule has 7 nitrogen and oxygen atoms in total. The molecule has 0 radical (unpaired) electrons. The van der Waals surface area contributed by atoms with Gasteiger partial charge in [0, 0.05) is 22.5 Å². The van der Waals surface area contributed by atoms with Crippen molar-refractivity contribution in [2.75, 3.05) is 17.7 Å². The summed E-state index contributed by atoms with van der Waals surface area (Å²) >= 11 is 0. The molecule has 1 aromatic carbocycles. The normalized spacial score (nSPS) is 21.0. The van der Waals surface area contributed by atoms with Gasteiger partial charge in [0.2, 0.25) is 11.7 Å². The van der Waals surface area contributed by atoms with E-state index in [2.05, 4.69) is 18.0 Å². The van der Waals surface area contributed by atoms with E-state index in [4.69, 9.17) is 15.2 Å². The van der Waals surface area contributed by atoms with Crippen molar-refractivity contribution >= 4 is 23.3 Å². The molecule has 132 valence electrons. The summed E-state index contributed by atoms with van der Waals surface area (Å²) in [4.78, 5) is 25.5. The van der Waals surface area contributed by atoms with Crippen LogP contribution in [0.25, 0.3) is 0 Å². The Morgan fingerprint density at radius 3 is 2.88 bits per heavy atom. The van der Waals surface area contributed by atoms with Crippen molar-refractivity contribution in [2.45, 2.75) is 19.3 Å². The highest BCUT2D eigenvalue weighted by atomic mass is 16.6. The molecule has 7 heteroatoms. The maximum Gasteiger partial charge on any atom is 0.374 e. The van der Waals surface area contributed by atoms with Crippen molar-refractivity contribution < 1.29 is 19.1 Å². The zero-order valence-electron chi connectivity index (χ0n) is 14.4. The Kier molecular flexibility index (Phi) is 4.04. The van der Waals surface area contributed by atoms with Crippen molar-refractivity contribution in [3.05, 3.63) is 59.1 Å². The summed E-state index contributed by atoms with van der Waals surface area (Å²) in [6.07, 6.45) is 1.42. The van der Waals surface area contributed by atoms with Gasteiger partial charge in [-0.2, -0.15) is 5.26 Å². The summed E-state index contributed by atoms with van der Waals surface area (Å²) in [6, 6.07) is 7.00. The lowest BCUT2D eigenvalue weighted by atomic mass is 9.68. The third-order valence-corrected chi connectivity index (χ3v) is 4.55. The summed E-state index contributed by atoms with van der Waals surface area (Å²) in [6.45, 7) is 6.60. The molecule has 1 spiro atoms. The number of allylic oxidation sites excluding steroid dienone is 1. The molecule has 1 amide bonds. The summed E-state index contributed by atoms with van der Waals surface area (Å²) in [5.41, 5.74) is 6.28. The fourth-order valence-corrected chi connectivity index (χ4v) is 3.40. The first-order chi connectivity index (χ1) is 12.4. The van der Waals surface area contributed by atoms with Gasteiger partial charge in [-0.15, -0.1) is 0 Å². The number of ether oxygens (including phenoxy) is 2. The molecule has 0 aliphatic carbocycles. The van der Waals surface area contributed by atoms with Crippen LogP contribution in [0, 0.1) is 11.3 Å². The Labute approximate surface area is 150 Å². The van der Waals surface area contributed by atoms with Crippen LogP contribution in [0.15, 0.2) is 53.5 Å². The first-order valence-corrected chi connectivity index (χ1v) is 7.88. The van der Waals surface area contributed by atoms with E-state index in [1.165, 1.54) is 13.0 Å². The largest absolute Gasteiger partial charge is 0.456 e. The number of rotatable bonds is 3. The van der Waals surface area contributed by atoms with Gasteiger partial charge in [0.15, 0.2) is 0 Å². The van der Waals surface area contributed by atoms with Crippen molar-refractivity contribution in [1.82, 2.24) is 0 Å². The molecule has 3 rings (SSSR count). The average Bonchev–Trinajstić information content (AvgIpc) is 2.89. The molecule has 2 aliphatic heterocycles. The smallest absolute Gasteiger partial charge is 0.374 e. The van der Waals surface area contributed by atoms with E-state index in [-0.39, 0.29) is 29.3 Å². The van der Waals surface area contributed by atoms with Gasteiger partial charge in [-0.3, -0.25) is 4.79 Å². The average molecular weight is 351 g/mol. The number of carbonyl (C=O) groups is 2. The molecular weight excluding hydrogens is 334 g/mol. The standard InChI is InChI=1S/C19H17N3O4/c1-4-7-25-17(23)16-10(2)19(14(9-20)11(3)26-16)13-8-12(21)5-6-15(13)22-18(19)24/h4-6,8H,1,7,21H2,2-3H3,(H,22,24). The highest BCUT2D eigenvalue weighted by molar-refractivity contribution is 6.13. The molecule has 2 aliphatic rings. The SMILES string of the molecule is C=CCOC(=O)C1=C(C)C2(C(=O)Nc3ccc(N)cc32)C(C#N)=C(C)O1. The first kappa shape index (κ1) is 17.3. The first-order valence-electron chi connectivity index (χ1n) is 7.88. The second kappa shape index (κ2) is 6.08. The number of benzene rings is 1. The van der Waals surface area contributed by atoms with Crippen LogP contribution in [-0.2, 0) is 24.5 Å². The van der Waals surface area contributed by atoms with E-state index in [9.17, 15) is 14.9 Å². The summed E-state index contributed by atoms with van der Waals surface area (Å²) in [7, 11) is 0. The monoisotopic (exact) mass is 351 g/mol. The number of nitriles is 1. The number of anilines is 2. The minimum atomic E-state index is -1.48. The molecule has 3 N–H and O–H groups in total. The Balaban J connectivity index is 2.30. The van der Waals surface area contributed by atoms with E-state index in [1.807, 2.05) is 0 Å². The molecular formula is C19H17N3O4. The number of nitrogens with two attached hydrogens (primary N) is 1. The van der Waals surface area contributed by atoms with Gasteiger partial charge in [-0.05, 0) is 32.0 Å². The number of hydrogen-bond donors (Lipinski definition) is 2. The third-order valence-electron chi connectivity index (χ3n) is 4.55. The van der Waals surface area contributed by atoms with Gasteiger partial charge in [-0.25, -0.2) is 4.79 Å². The van der Waals surface area contributed by atoms with Gasteiger partial charge in [0.25, 0.3) is 0 Å². The summed E-state index contributed by atoms with van der Waals surface area (Å²) in [5.74, 6) is -1.13. The molecule has 0 aromatic heterocycles. The predicted octanol–water partition coefficient (Wildman–Crippen LogP) is 2.29. The van der Waals surface area contributed by atoms with Crippen LogP contribution in [0.1, 0.15) is 19.4 Å². The zero-order valence-corrected chi connectivity index (χ0v) is 14.4. The number of fused-ring (bicyclic) bond motifs is 2. The number of nitrogens with one attached hydrogen (secondary N) is 1. The fourth-order valence-electron chi connectivity index (χ4n) is 3.40. The van der Waals surface area contributed by atoms with E-state index in [1.54, 1.807) is 25.1 Å². The second-order valence-electron chi connectivity index (χ2n) is 6.00. The molecule has 1 aromatic rings.